The van der Waals surface area contributed by atoms with Crippen LogP contribution in [0, 0.1) is 5.92 Å². The Bertz CT molecular complexity index is 494. The van der Waals surface area contributed by atoms with Crippen LogP contribution in [0.5, 0.6) is 0 Å². The maximum Gasteiger partial charge on any atom is 0.250 e. The van der Waals surface area contributed by atoms with E-state index in [2.05, 4.69) is 26.1 Å². The topological polar surface area (TPSA) is 49.4 Å². The summed E-state index contributed by atoms with van der Waals surface area (Å²) in [6.45, 7) is 6.30. The van der Waals surface area contributed by atoms with Crippen LogP contribution >= 0.6 is 0 Å². The summed E-state index contributed by atoms with van der Waals surface area (Å²) in [6, 6.07) is 7.45. The Morgan fingerprint density at radius 2 is 1.90 bits per heavy atom. The number of nitrogens with one attached hydrogen (secondary N) is 1. The van der Waals surface area contributed by atoms with Gasteiger partial charge in [-0.15, -0.1) is 0 Å². The fourth-order valence-corrected chi connectivity index (χ4v) is 2.47. The van der Waals surface area contributed by atoms with E-state index in [1.54, 1.807) is 4.90 Å². The zero-order chi connectivity index (χ0) is 14.7. The Morgan fingerprint density at radius 3 is 2.45 bits per heavy atom. The number of aryl methyl sites for hydroxylation is 1. The summed E-state index contributed by atoms with van der Waals surface area (Å²) in [4.78, 5) is 25.9. The lowest BCUT2D eigenvalue weighted by Crippen LogP contribution is -2.58. The number of piperazine rings is 1. The minimum atomic E-state index is -0.401. The van der Waals surface area contributed by atoms with Crippen molar-refractivity contribution >= 4 is 17.5 Å². The van der Waals surface area contributed by atoms with E-state index in [1.165, 1.54) is 5.56 Å². The molecule has 1 saturated heterocycles. The molecule has 1 unspecified atom stereocenters. The lowest BCUT2D eigenvalue weighted by atomic mass is 10.0. The van der Waals surface area contributed by atoms with Gasteiger partial charge in [0, 0.05) is 5.69 Å². The quantitative estimate of drug-likeness (QED) is 0.914. The third-order valence-electron chi connectivity index (χ3n) is 3.56. The van der Waals surface area contributed by atoms with Gasteiger partial charge in [0.05, 0.1) is 0 Å². The highest BCUT2D eigenvalue weighted by atomic mass is 16.2. The first kappa shape index (κ1) is 14.6. The molecule has 4 nitrogen and oxygen atoms in total. The number of anilines is 1. The Morgan fingerprint density at radius 1 is 1.25 bits per heavy atom. The molecule has 20 heavy (non-hydrogen) atoms. The van der Waals surface area contributed by atoms with Crippen LogP contribution in [-0.4, -0.2) is 24.4 Å². The average Bonchev–Trinajstić information content (AvgIpc) is 2.42. The van der Waals surface area contributed by atoms with Crippen LogP contribution in [0.1, 0.15) is 32.8 Å². The molecule has 1 atom stereocenters. The number of carbonyl (C=O) groups excluding carboxylic acids is 2. The van der Waals surface area contributed by atoms with Crippen molar-refractivity contribution in [2.24, 2.45) is 5.92 Å². The van der Waals surface area contributed by atoms with Gasteiger partial charge in [-0.25, -0.2) is 0 Å². The van der Waals surface area contributed by atoms with Gasteiger partial charge in [0.1, 0.15) is 12.6 Å². The molecule has 1 N–H and O–H groups in total. The minimum absolute atomic E-state index is 0.0115. The van der Waals surface area contributed by atoms with E-state index in [0.717, 1.165) is 12.1 Å². The number of amides is 2. The van der Waals surface area contributed by atoms with Gasteiger partial charge < -0.3 is 10.2 Å². The summed E-state index contributed by atoms with van der Waals surface area (Å²) in [5, 5.41) is 2.79. The predicted octanol–water partition coefficient (Wildman–Crippen LogP) is 2.13. The fraction of sp³-hybridized carbons (Fsp3) is 0.500. The molecule has 1 aliphatic rings. The molecule has 108 valence electrons. The molecule has 0 saturated carbocycles. The van der Waals surface area contributed by atoms with Gasteiger partial charge in [0.25, 0.3) is 0 Å². The summed E-state index contributed by atoms with van der Waals surface area (Å²) in [5.74, 6) is 0.268. The highest BCUT2D eigenvalue weighted by Crippen LogP contribution is 2.20. The molecule has 2 amide bonds. The van der Waals surface area contributed by atoms with Crippen LogP contribution in [0.25, 0.3) is 0 Å². The van der Waals surface area contributed by atoms with Gasteiger partial charge >= 0.3 is 0 Å². The van der Waals surface area contributed by atoms with Crippen LogP contribution in [0.4, 0.5) is 5.69 Å². The number of rotatable bonds is 4. The molecule has 4 heteroatoms. The van der Waals surface area contributed by atoms with Crippen molar-refractivity contribution in [3.05, 3.63) is 29.8 Å². The SMILES string of the molecule is CCc1ccc(N2CC(=O)NC(CC(C)C)C2=O)cc1. The molecule has 1 heterocycles. The summed E-state index contributed by atoms with van der Waals surface area (Å²) in [5.41, 5.74) is 2.03. The maximum absolute atomic E-state index is 12.5. The Kier molecular flexibility index (Phi) is 4.42. The van der Waals surface area contributed by atoms with Crippen molar-refractivity contribution in [2.45, 2.75) is 39.7 Å². The number of hydrogen-bond acceptors (Lipinski definition) is 2. The van der Waals surface area contributed by atoms with Gasteiger partial charge in [-0.3, -0.25) is 9.59 Å². The Balaban J connectivity index is 2.20. The van der Waals surface area contributed by atoms with Crippen LogP contribution in [0.15, 0.2) is 24.3 Å². The molecule has 0 spiro atoms. The van der Waals surface area contributed by atoms with E-state index < -0.39 is 6.04 Å². The second-order valence-electron chi connectivity index (χ2n) is 5.69. The van der Waals surface area contributed by atoms with Crippen molar-refractivity contribution < 1.29 is 9.59 Å². The van der Waals surface area contributed by atoms with E-state index in [1.807, 2.05) is 24.3 Å². The number of hydrogen-bond donors (Lipinski definition) is 1. The zero-order valence-electron chi connectivity index (χ0n) is 12.3. The summed E-state index contributed by atoms with van der Waals surface area (Å²) >= 11 is 0. The Hall–Kier alpha value is -1.84. The molecule has 0 radical (unpaired) electrons. The second-order valence-corrected chi connectivity index (χ2v) is 5.69. The summed E-state index contributed by atoms with van der Waals surface area (Å²) in [6.07, 6.45) is 1.64. The maximum atomic E-state index is 12.5. The molecule has 1 aromatic carbocycles. The van der Waals surface area contributed by atoms with E-state index >= 15 is 0 Å². The molecular weight excluding hydrogens is 252 g/mol. The first-order chi connectivity index (χ1) is 9.51. The van der Waals surface area contributed by atoms with Crippen molar-refractivity contribution in [2.75, 3.05) is 11.4 Å². The first-order valence-electron chi connectivity index (χ1n) is 7.21. The van der Waals surface area contributed by atoms with Crippen molar-refractivity contribution in [3.8, 4) is 0 Å². The van der Waals surface area contributed by atoms with E-state index in [-0.39, 0.29) is 18.4 Å². The van der Waals surface area contributed by atoms with E-state index in [0.29, 0.717) is 12.3 Å². The molecule has 0 aliphatic carbocycles. The van der Waals surface area contributed by atoms with Crippen molar-refractivity contribution in [3.63, 3.8) is 0 Å². The van der Waals surface area contributed by atoms with Crippen LogP contribution < -0.4 is 10.2 Å². The molecule has 1 aliphatic heterocycles. The van der Waals surface area contributed by atoms with Crippen LogP contribution in [0.2, 0.25) is 0 Å². The largest absolute Gasteiger partial charge is 0.343 e. The highest BCUT2D eigenvalue weighted by molar-refractivity contribution is 6.06. The standard InChI is InChI=1S/C16H22N2O2/c1-4-12-5-7-13(8-6-12)18-10-15(19)17-14(16(18)20)9-11(2)3/h5-8,11,14H,4,9-10H2,1-3H3,(H,17,19). The Labute approximate surface area is 120 Å². The summed E-state index contributed by atoms with van der Waals surface area (Å²) in [7, 11) is 0. The van der Waals surface area contributed by atoms with Crippen molar-refractivity contribution in [1.82, 2.24) is 5.32 Å². The van der Waals surface area contributed by atoms with Gasteiger partial charge in [0.2, 0.25) is 11.8 Å². The molecule has 0 bridgehead atoms. The highest BCUT2D eigenvalue weighted by Gasteiger charge is 2.33. The third-order valence-corrected chi connectivity index (χ3v) is 3.56. The third kappa shape index (κ3) is 3.18. The summed E-state index contributed by atoms with van der Waals surface area (Å²) < 4.78 is 0. The molecule has 1 fully saturated rings. The van der Waals surface area contributed by atoms with Gasteiger partial charge in [-0.2, -0.15) is 0 Å². The number of carbonyl (C=O) groups is 2. The lowest BCUT2D eigenvalue weighted by Gasteiger charge is -2.33. The zero-order valence-corrected chi connectivity index (χ0v) is 12.3. The minimum Gasteiger partial charge on any atom is -0.343 e. The molecule has 1 aromatic rings. The normalized spacial score (nSPS) is 19.4. The second kappa shape index (κ2) is 6.07. The predicted molar refractivity (Wildman–Crippen MR) is 79.6 cm³/mol. The molecular formula is C16H22N2O2. The molecule has 0 aromatic heterocycles. The van der Waals surface area contributed by atoms with Gasteiger partial charge in [0.15, 0.2) is 0 Å². The lowest BCUT2D eigenvalue weighted by molar-refractivity contribution is -0.131. The first-order valence-corrected chi connectivity index (χ1v) is 7.21. The molecule has 2 rings (SSSR count). The number of nitrogens with zero attached hydrogens (tertiary/aromatic N) is 1. The monoisotopic (exact) mass is 274 g/mol. The smallest absolute Gasteiger partial charge is 0.250 e. The van der Waals surface area contributed by atoms with Crippen LogP contribution in [0.3, 0.4) is 0 Å². The van der Waals surface area contributed by atoms with Crippen LogP contribution in [-0.2, 0) is 16.0 Å². The van der Waals surface area contributed by atoms with Gasteiger partial charge in [-0.05, 0) is 36.5 Å². The average molecular weight is 274 g/mol. The van der Waals surface area contributed by atoms with Crippen molar-refractivity contribution in [1.29, 1.82) is 0 Å². The van der Waals surface area contributed by atoms with Gasteiger partial charge in [-0.1, -0.05) is 32.9 Å². The van der Waals surface area contributed by atoms with E-state index in [9.17, 15) is 9.59 Å². The number of benzene rings is 1. The fourth-order valence-electron chi connectivity index (χ4n) is 2.47. The van der Waals surface area contributed by atoms with E-state index in [4.69, 9.17) is 0 Å².